The number of piperidine rings is 1. The molecule has 1 saturated heterocycles. The van der Waals surface area contributed by atoms with Gasteiger partial charge in [-0.2, -0.15) is 13.2 Å². The number of nitrogens with one attached hydrogen (secondary N) is 1. The summed E-state index contributed by atoms with van der Waals surface area (Å²) in [6, 6.07) is 14.5. The smallest absolute Gasteiger partial charge is 0.489 e. The SMILES string of the molecule is CN(C)CC=CC(=O)NC1CCCN(C(=O)c2cc3c4c(c2)nc(-c2cc5ccccc5n2CC2CC2)n4CCO3)C1.O=C(O)C(F)(F)F. The predicted octanol–water partition coefficient (Wildman–Crippen LogP) is 4.93. The third-order valence-corrected chi connectivity index (χ3v) is 8.84. The minimum atomic E-state index is -5.08. The van der Waals surface area contributed by atoms with Crippen LogP contribution in [0.4, 0.5) is 13.2 Å². The predicted molar refractivity (Wildman–Crippen MR) is 177 cm³/mol. The van der Waals surface area contributed by atoms with E-state index in [4.69, 9.17) is 19.6 Å². The highest BCUT2D eigenvalue weighted by Crippen LogP contribution is 2.39. The van der Waals surface area contributed by atoms with Crippen molar-refractivity contribution in [1.82, 2.24) is 29.2 Å². The number of benzene rings is 2. The Hall–Kier alpha value is -4.85. The first-order chi connectivity index (χ1) is 23.4. The molecule has 260 valence electrons. The summed E-state index contributed by atoms with van der Waals surface area (Å²) >= 11 is 0. The lowest BCUT2D eigenvalue weighted by molar-refractivity contribution is -0.192. The number of carbonyl (C=O) groups excluding carboxylic acids is 2. The summed E-state index contributed by atoms with van der Waals surface area (Å²) in [5.41, 5.74) is 4.66. The van der Waals surface area contributed by atoms with Crippen molar-refractivity contribution in [3.8, 4) is 17.3 Å². The molecule has 0 bridgehead atoms. The quantitative estimate of drug-likeness (QED) is 0.253. The Labute approximate surface area is 280 Å². The number of halogens is 3. The molecular weight excluding hydrogens is 641 g/mol. The molecule has 11 nitrogen and oxygen atoms in total. The van der Waals surface area contributed by atoms with Crippen LogP contribution < -0.4 is 10.1 Å². The summed E-state index contributed by atoms with van der Waals surface area (Å²) in [7, 11) is 3.92. The molecule has 2 aromatic heterocycles. The van der Waals surface area contributed by atoms with E-state index < -0.39 is 12.1 Å². The van der Waals surface area contributed by atoms with Gasteiger partial charge < -0.3 is 34.1 Å². The number of aromatic nitrogens is 3. The zero-order chi connectivity index (χ0) is 34.9. The van der Waals surface area contributed by atoms with Crippen LogP contribution in [0.25, 0.3) is 33.5 Å². The standard InChI is InChI=1S/C33H38N6O3.C2HF3O2/c1-36(2)13-6-10-30(40)34-25-8-5-14-37(21-25)33(41)24-17-26-31-29(19-24)42-16-15-38(31)32(35-26)28-18-23-7-3-4-9-27(23)39(28)20-22-11-12-22;3-2(4,5)1(6)7/h3-4,6-7,9-10,17-19,22,25H,5,8,11-16,20-21H2,1-2H3,(H,34,40);(H,6,7). The van der Waals surface area contributed by atoms with E-state index in [1.165, 1.54) is 23.7 Å². The molecule has 14 heteroatoms. The second kappa shape index (κ2) is 13.9. The van der Waals surface area contributed by atoms with Crippen LogP contribution in [0.5, 0.6) is 5.75 Å². The first-order valence-corrected chi connectivity index (χ1v) is 16.4. The fourth-order valence-electron chi connectivity index (χ4n) is 6.36. The lowest BCUT2D eigenvalue weighted by Crippen LogP contribution is -2.49. The monoisotopic (exact) mass is 680 g/mol. The van der Waals surface area contributed by atoms with Crippen molar-refractivity contribution >= 4 is 39.7 Å². The van der Waals surface area contributed by atoms with E-state index in [0.29, 0.717) is 44.1 Å². The normalized spacial score (nSPS) is 17.7. The molecular formula is C35H39F3N6O5. The van der Waals surface area contributed by atoms with Gasteiger partial charge in [-0.1, -0.05) is 24.3 Å². The van der Waals surface area contributed by atoms with Gasteiger partial charge in [0.05, 0.1) is 17.8 Å². The van der Waals surface area contributed by atoms with E-state index in [2.05, 4.69) is 44.8 Å². The number of carboxylic acid groups (broad SMARTS) is 1. The second-order valence-electron chi connectivity index (χ2n) is 13.0. The molecule has 49 heavy (non-hydrogen) atoms. The van der Waals surface area contributed by atoms with Crippen molar-refractivity contribution in [2.24, 2.45) is 5.92 Å². The third kappa shape index (κ3) is 7.74. The summed E-state index contributed by atoms with van der Waals surface area (Å²) in [6.45, 7) is 4.10. The summed E-state index contributed by atoms with van der Waals surface area (Å²) in [6.07, 6.45) is 2.59. The van der Waals surface area contributed by atoms with E-state index in [-0.39, 0.29) is 17.9 Å². The Kier molecular flexibility index (Phi) is 9.68. The Balaban J connectivity index is 0.000000540. The van der Waals surface area contributed by atoms with Crippen molar-refractivity contribution in [1.29, 1.82) is 0 Å². The van der Waals surface area contributed by atoms with E-state index in [0.717, 1.165) is 47.9 Å². The number of ether oxygens (including phenoxy) is 1. The maximum atomic E-state index is 13.8. The molecule has 2 amide bonds. The van der Waals surface area contributed by atoms with Gasteiger partial charge in [0.25, 0.3) is 5.91 Å². The van der Waals surface area contributed by atoms with Crippen LogP contribution in [-0.2, 0) is 22.7 Å². The molecule has 2 N–H and O–H groups in total. The Bertz CT molecular complexity index is 1910. The lowest BCUT2D eigenvalue weighted by atomic mass is 10.0. The van der Waals surface area contributed by atoms with E-state index in [9.17, 15) is 22.8 Å². The Morgan fingerprint density at radius 1 is 1.10 bits per heavy atom. The zero-order valence-corrected chi connectivity index (χ0v) is 27.4. The maximum absolute atomic E-state index is 13.8. The number of hydrogen-bond acceptors (Lipinski definition) is 6. The molecule has 1 atom stereocenters. The highest BCUT2D eigenvalue weighted by molar-refractivity contribution is 6.00. The van der Waals surface area contributed by atoms with E-state index in [1.54, 1.807) is 6.08 Å². The number of alkyl halides is 3. The average Bonchev–Trinajstić information content (AvgIpc) is 3.71. The fourth-order valence-corrected chi connectivity index (χ4v) is 6.36. The number of aliphatic carboxylic acids is 1. The fraction of sp³-hybridized carbons (Fsp3) is 0.429. The summed E-state index contributed by atoms with van der Waals surface area (Å²) in [5.74, 6) is -0.568. The lowest BCUT2D eigenvalue weighted by Gasteiger charge is -2.33. The number of carbonyl (C=O) groups is 3. The first kappa shape index (κ1) is 34.0. The minimum absolute atomic E-state index is 0.0524. The van der Waals surface area contributed by atoms with Gasteiger partial charge in [0, 0.05) is 54.8 Å². The number of hydrogen-bond donors (Lipinski definition) is 2. The number of likely N-dealkylation sites (N-methyl/N-ethyl adjacent to an activating group) is 1. The zero-order valence-electron chi connectivity index (χ0n) is 27.4. The van der Waals surface area contributed by atoms with Gasteiger partial charge in [0.15, 0.2) is 5.82 Å². The van der Waals surface area contributed by atoms with Crippen molar-refractivity contribution in [2.75, 3.05) is 40.3 Å². The van der Waals surface area contributed by atoms with Crippen molar-refractivity contribution in [2.45, 2.75) is 51.0 Å². The summed E-state index contributed by atoms with van der Waals surface area (Å²) in [4.78, 5) is 44.1. The van der Waals surface area contributed by atoms with E-state index in [1.807, 2.05) is 42.1 Å². The average molecular weight is 681 g/mol. The summed E-state index contributed by atoms with van der Waals surface area (Å²) < 4.78 is 42.5. The molecule has 0 spiro atoms. The molecule has 7 rings (SSSR count). The molecule has 0 radical (unpaired) electrons. The van der Waals surface area contributed by atoms with Gasteiger partial charge >= 0.3 is 12.1 Å². The second-order valence-corrected chi connectivity index (χ2v) is 13.0. The Morgan fingerprint density at radius 2 is 1.86 bits per heavy atom. The number of imidazole rings is 1. The highest BCUT2D eigenvalue weighted by atomic mass is 19.4. The van der Waals surface area contributed by atoms with Crippen molar-refractivity contribution in [3.05, 3.63) is 60.2 Å². The molecule has 1 saturated carbocycles. The number of nitrogens with zero attached hydrogens (tertiary/aromatic N) is 5. The number of carboxylic acids is 1. The van der Waals surface area contributed by atoms with Crippen LogP contribution in [0, 0.1) is 5.92 Å². The number of amides is 2. The van der Waals surface area contributed by atoms with Gasteiger partial charge in [-0.15, -0.1) is 0 Å². The molecule has 4 heterocycles. The topological polar surface area (TPSA) is 122 Å². The van der Waals surface area contributed by atoms with Gasteiger partial charge in [-0.3, -0.25) is 9.59 Å². The third-order valence-electron chi connectivity index (χ3n) is 8.84. The molecule has 3 aliphatic rings. The largest absolute Gasteiger partial charge is 0.490 e. The minimum Gasteiger partial charge on any atom is -0.489 e. The molecule has 1 aliphatic carbocycles. The van der Waals surface area contributed by atoms with Crippen LogP contribution >= 0.6 is 0 Å². The number of rotatable bonds is 8. The van der Waals surface area contributed by atoms with E-state index >= 15 is 0 Å². The van der Waals surface area contributed by atoms with Crippen molar-refractivity contribution < 1.29 is 37.4 Å². The maximum Gasteiger partial charge on any atom is 0.490 e. The van der Waals surface area contributed by atoms with Crippen molar-refractivity contribution in [3.63, 3.8) is 0 Å². The number of likely N-dealkylation sites (tertiary alicyclic amines) is 1. The number of fused-ring (bicyclic) bond motifs is 1. The summed E-state index contributed by atoms with van der Waals surface area (Å²) in [5, 5.41) is 11.4. The first-order valence-electron chi connectivity index (χ1n) is 16.4. The molecule has 2 aromatic carbocycles. The van der Waals surface area contributed by atoms with Crippen LogP contribution in [0.3, 0.4) is 0 Å². The molecule has 4 aromatic rings. The van der Waals surface area contributed by atoms with Crippen LogP contribution in [0.1, 0.15) is 36.0 Å². The highest BCUT2D eigenvalue weighted by Gasteiger charge is 2.38. The molecule has 1 unspecified atom stereocenters. The van der Waals surface area contributed by atoms with Crippen LogP contribution in [-0.4, -0.2) is 99.4 Å². The van der Waals surface area contributed by atoms with Crippen LogP contribution in [0.2, 0.25) is 0 Å². The van der Waals surface area contributed by atoms with Gasteiger partial charge in [-0.25, -0.2) is 9.78 Å². The Morgan fingerprint density at radius 3 is 2.57 bits per heavy atom. The van der Waals surface area contributed by atoms with Gasteiger partial charge in [0.1, 0.15) is 17.9 Å². The van der Waals surface area contributed by atoms with Gasteiger partial charge in [0.2, 0.25) is 5.91 Å². The molecule has 2 fully saturated rings. The van der Waals surface area contributed by atoms with Crippen LogP contribution in [0.15, 0.2) is 54.6 Å². The van der Waals surface area contributed by atoms with Gasteiger partial charge in [-0.05, 0) is 70.0 Å². The number of para-hydroxylation sites is 1. The molecule has 2 aliphatic heterocycles.